The summed E-state index contributed by atoms with van der Waals surface area (Å²) in [6, 6.07) is 0.187. The fourth-order valence-electron chi connectivity index (χ4n) is 3.25. The molecule has 1 saturated carbocycles. The van der Waals surface area contributed by atoms with E-state index in [-0.39, 0.29) is 17.6 Å². The summed E-state index contributed by atoms with van der Waals surface area (Å²) in [4.78, 5) is 0. The van der Waals surface area contributed by atoms with Crippen molar-refractivity contribution in [1.29, 1.82) is 0 Å². The van der Waals surface area contributed by atoms with Gasteiger partial charge in [0, 0.05) is 12.6 Å². The first-order valence-corrected chi connectivity index (χ1v) is 7.82. The molecule has 2 N–H and O–H groups in total. The summed E-state index contributed by atoms with van der Waals surface area (Å²) in [5, 5.41) is 0. The molecule has 18 heavy (non-hydrogen) atoms. The van der Waals surface area contributed by atoms with Crippen LogP contribution in [-0.4, -0.2) is 18.8 Å². The number of rotatable bonds is 6. The molecule has 0 aliphatic heterocycles. The van der Waals surface area contributed by atoms with Gasteiger partial charge >= 0.3 is 0 Å². The maximum atomic E-state index is 6.38. The van der Waals surface area contributed by atoms with Gasteiger partial charge < -0.3 is 10.5 Å². The molecule has 1 fully saturated rings. The molecular weight excluding hydrogens is 222 g/mol. The smallest absolute Gasteiger partial charge is 0.0773 e. The first-order valence-electron chi connectivity index (χ1n) is 7.82. The largest absolute Gasteiger partial charge is 0.376 e. The van der Waals surface area contributed by atoms with Gasteiger partial charge in [-0.2, -0.15) is 0 Å². The van der Waals surface area contributed by atoms with Gasteiger partial charge in [0.1, 0.15) is 0 Å². The Morgan fingerprint density at radius 2 is 1.78 bits per heavy atom. The maximum Gasteiger partial charge on any atom is 0.0773 e. The molecule has 108 valence electrons. The average Bonchev–Trinajstić information content (AvgIpc) is 2.33. The van der Waals surface area contributed by atoms with Gasteiger partial charge in [0.15, 0.2) is 0 Å². The van der Waals surface area contributed by atoms with Crippen LogP contribution in [0.3, 0.4) is 0 Å². The molecule has 0 bridgehead atoms. The van der Waals surface area contributed by atoms with Crippen molar-refractivity contribution < 1.29 is 4.74 Å². The summed E-state index contributed by atoms with van der Waals surface area (Å²) in [5.74, 6) is 0.923. The van der Waals surface area contributed by atoms with E-state index in [0.29, 0.717) is 0 Å². The summed E-state index contributed by atoms with van der Waals surface area (Å²) in [5.41, 5.74) is 6.52. The van der Waals surface area contributed by atoms with E-state index in [9.17, 15) is 0 Å². The van der Waals surface area contributed by atoms with E-state index in [2.05, 4.69) is 27.7 Å². The third kappa shape index (κ3) is 5.27. The van der Waals surface area contributed by atoms with Crippen LogP contribution in [-0.2, 0) is 4.74 Å². The summed E-state index contributed by atoms with van der Waals surface area (Å²) in [7, 11) is 0. The van der Waals surface area contributed by atoms with Crippen LogP contribution >= 0.6 is 0 Å². The van der Waals surface area contributed by atoms with Gasteiger partial charge in [-0.25, -0.2) is 0 Å². The number of ether oxygens (including phenoxy) is 1. The van der Waals surface area contributed by atoms with E-state index in [4.69, 9.17) is 10.5 Å². The molecule has 2 unspecified atom stereocenters. The number of hydrogen-bond donors (Lipinski definition) is 1. The van der Waals surface area contributed by atoms with Gasteiger partial charge in [0.25, 0.3) is 0 Å². The SMILES string of the molecule is CCOC(C(N)CCC1CCCCC1)C(C)(C)C. The van der Waals surface area contributed by atoms with Crippen molar-refractivity contribution in [1.82, 2.24) is 0 Å². The van der Waals surface area contributed by atoms with Crippen LogP contribution in [0.2, 0.25) is 0 Å². The Kier molecular flexibility index (Phi) is 6.65. The second-order valence-corrected chi connectivity index (χ2v) is 6.99. The normalized spacial score (nSPS) is 21.8. The molecule has 0 aromatic rings. The second-order valence-electron chi connectivity index (χ2n) is 6.99. The average molecular weight is 255 g/mol. The molecule has 0 aromatic carbocycles. The summed E-state index contributed by atoms with van der Waals surface area (Å²) in [6.07, 6.45) is 9.72. The molecule has 0 spiro atoms. The number of hydrogen-bond acceptors (Lipinski definition) is 2. The van der Waals surface area contributed by atoms with Crippen LogP contribution in [0, 0.1) is 11.3 Å². The molecule has 1 rings (SSSR count). The molecule has 2 heteroatoms. The molecule has 0 amide bonds. The predicted octanol–water partition coefficient (Wildman–Crippen LogP) is 4.13. The van der Waals surface area contributed by atoms with E-state index >= 15 is 0 Å². The van der Waals surface area contributed by atoms with Gasteiger partial charge in [0.05, 0.1) is 6.10 Å². The highest BCUT2D eigenvalue weighted by Crippen LogP contribution is 2.30. The third-order valence-electron chi connectivity index (χ3n) is 4.22. The lowest BCUT2D eigenvalue weighted by atomic mass is 9.80. The zero-order chi connectivity index (χ0) is 13.6. The van der Waals surface area contributed by atoms with E-state index in [1.165, 1.54) is 38.5 Å². The molecule has 0 radical (unpaired) electrons. The van der Waals surface area contributed by atoms with Crippen LogP contribution in [0.25, 0.3) is 0 Å². The third-order valence-corrected chi connectivity index (χ3v) is 4.22. The zero-order valence-corrected chi connectivity index (χ0v) is 12.9. The molecule has 2 atom stereocenters. The molecule has 2 nitrogen and oxygen atoms in total. The summed E-state index contributed by atoms with van der Waals surface area (Å²) < 4.78 is 5.88. The van der Waals surface area contributed by atoms with Crippen molar-refractivity contribution in [2.75, 3.05) is 6.61 Å². The van der Waals surface area contributed by atoms with Gasteiger partial charge in [-0.05, 0) is 31.1 Å². The minimum absolute atomic E-state index is 0.141. The second kappa shape index (κ2) is 7.49. The quantitative estimate of drug-likeness (QED) is 0.774. The standard InChI is InChI=1S/C16H33NO/c1-5-18-15(16(2,3)4)14(17)12-11-13-9-7-6-8-10-13/h13-15H,5-12,17H2,1-4H3. The molecule has 1 aliphatic rings. The lowest BCUT2D eigenvalue weighted by molar-refractivity contribution is -0.0303. The summed E-state index contributed by atoms with van der Waals surface area (Å²) >= 11 is 0. The van der Waals surface area contributed by atoms with E-state index in [1.54, 1.807) is 0 Å². The molecular formula is C16H33NO. The van der Waals surface area contributed by atoms with Crippen LogP contribution < -0.4 is 5.73 Å². The van der Waals surface area contributed by atoms with Gasteiger partial charge in [0.2, 0.25) is 0 Å². The van der Waals surface area contributed by atoms with Gasteiger partial charge in [-0.15, -0.1) is 0 Å². The minimum Gasteiger partial charge on any atom is -0.376 e. The minimum atomic E-state index is 0.141. The van der Waals surface area contributed by atoms with E-state index < -0.39 is 0 Å². The first kappa shape index (κ1) is 16.0. The fraction of sp³-hybridized carbons (Fsp3) is 1.00. The Bertz CT molecular complexity index is 216. The monoisotopic (exact) mass is 255 g/mol. The molecule has 0 saturated heterocycles. The molecule has 0 heterocycles. The van der Waals surface area contributed by atoms with Crippen molar-refractivity contribution in [2.45, 2.75) is 84.8 Å². The summed E-state index contributed by atoms with van der Waals surface area (Å²) in [6.45, 7) is 9.51. The Balaban J connectivity index is 2.38. The first-order chi connectivity index (χ1) is 8.45. The van der Waals surface area contributed by atoms with Crippen molar-refractivity contribution in [3.05, 3.63) is 0 Å². The molecule has 1 aliphatic carbocycles. The fourth-order valence-corrected chi connectivity index (χ4v) is 3.25. The van der Waals surface area contributed by atoms with Crippen molar-refractivity contribution in [2.24, 2.45) is 17.1 Å². The van der Waals surface area contributed by atoms with E-state index in [1.807, 2.05) is 0 Å². The number of nitrogens with two attached hydrogens (primary N) is 1. The highest BCUT2D eigenvalue weighted by atomic mass is 16.5. The van der Waals surface area contributed by atoms with Crippen LogP contribution in [0.4, 0.5) is 0 Å². The highest BCUT2D eigenvalue weighted by molar-refractivity contribution is 4.85. The van der Waals surface area contributed by atoms with Gasteiger partial charge in [-0.3, -0.25) is 0 Å². The van der Waals surface area contributed by atoms with E-state index in [0.717, 1.165) is 18.9 Å². The Hall–Kier alpha value is -0.0800. The predicted molar refractivity (Wildman–Crippen MR) is 78.7 cm³/mol. The lowest BCUT2D eigenvalue weighted by Crippen LogP contribution is -2.45. The Morgan fingerprint density at radius 1 is 1.17 bits per heavy atom. The zero-order valence-electron chi connectivity index (χ0n) is 12.9. The Labute approximate surface area is 114 Å². The Morgan fingerprint density at radius 3 is 2.28 bits per heavy atom. The van der Waals surface area contributed by atoms with Crippen molar-refractivity contribution in [3.8, 4) is 0 Å². The highest BCUT2D eigenvalue weighted by Gasteiger charge is 2.31. The van der Waals surface area contributed by atoms with Crippen molar-refractivity contribution >= 4 is 0 Å². The van der Waals surface area contributed by atoms with Crippen LogP contribution in [0.1, 0.15) is 72.6 Å². The van der Waals surface area contributed by atoms with Gasteiger partial charge in [-0.1, -0.05) is 52.9 Å². The van der Waals surface area contributed by atoms with Crippen molar-refractivity contribution in [3.63, 3.8) is 0 Å². The van der Waals surface area contributed by atoms with Crippen LogP contribution in [0.5, 0.6) is 0 Å². The molecule has 0 aromatic heterocycles. The lowest BCUT2D eigenvalue weighted by Gasteiger charge is -2.35. The topological polar surface area (TPSA) is 35.2 Å². The van der Waals surface area contributed by atoms with Crippen LogP contribution in [0.15, 0.2) is 0 Å². The maximum absolute atomic E-state index is 6.38.